The number of carbonyl (C=O) groups is 1. The van der Waals surface area contributed by atoms with Crippen LogP contribution in [0, 0.1) is 11.7 Å². The maximum atomic E-state index is 13.6. The van der Waals surface area contributed by atoms with Gasteiger partial charge in [0, 0.05) is 6.42 Å². The van der Waals surface area contributed by atoms with Crippen LogP contribution in [0.1, 0.15) is 18.7 Å². The van der Waals surface area contributed by atoms with Gasteiger partial charge < -0.3 is 14.6 Å². The molecule has 1 fully saturated rings. The molecule has 6 nitrogen and oxygen atoms in total. The van der Waals surface area contributed by atoms with E-state index in [2.05, 4.69) is 15.5 Å². The van der Waals surface area contributed by atoms with Gasteiger partial charge in [-0.1, -0.05) is 29.4 Å². The molecule has 0 atom stereocenters. The maximum absolute atomic E-state index is 13.6. The number of nitrogens with zero attached hydrogens (tertiary/aromatic N) is 2. The van der Waals surface area contributed by atoms with E-state index < -0.39 is 11.7 Å². The number of rotatable bonds is 7. The minimum atomic E-state index is -0.500. The number of hydrogen-bond acceptors (Lipinski definition) is 5. The van der Waals surface area contributed by atoms with Crippen molar-refractivity contribution in [3.8, 4) is 17.2 Å². The van der Waals surface area contributed by atoms with Gasteiger partial charge in [-0.3, -0.25) is 4.79 Å². The molecule has 1 heterocycles. The first-order valence-electron chi connectivity index (χ1n) is 8.78. The van der Waals surface area contributed by atoms with Gasteiger partial charge in [0.15, 0.2) is 12.4 Å². The first-order valence-corrected chi connectivity index (χ1v) is 8.78. The molecule has 1 amide bonds. The van der Waals surface area contributed by atoms with Crippen LogP contribution >= 0.6 is 0 Å². The maximum Gasteiger partial charge on any atom is 0.262 e. The number of anilines is 1. The molecule has 0 spiro atoms. The van der Waals surface area contributed by atoms with Crippen LogP contribution in [0.3, 0.4) is 0 Å². The highest BCUT2D eigenvalue weighted by molar-refractivity contribution is 5.92. The molecule has 2 aromatic carbocycles. The molecule has 1 aliphatic rings. The van der Waals surface area contributed by atoms with Gasteiger partial charge in [0.05, 0.1) is 11.3 Å². The first kappa shape index (κ1) is 17.2. The Morgan fingerprint density at radius 1 is 1.19 bits per heavy atom. The molecule has 0 radical (unpaired) electrons. The smallest absolute Gasteiger partial charge is 0.262 e. The second kappa shape index (κ2) is 7.57. The Labute approximate surface area is 155 Å². The Kier molecular flexibility index (Phi) is 4.82. The second-order valence-corrected chi connectivity index (χ2v) is 6.48. The molecular weight excluding hydrogens is 349 g/mol. The monoisotopic (exact) mass is 367 g/mol. The van der Waals surface area contributed by atoms with E-state index in [-0.39, 0.29) is 12.3 Å². The molecule has 1 aliphatic carbocycles. The van der Waals surface area contributed by atoms with Gasteiger partial charge in [-0.15, -0.1) is 0 Å². The van der Waals surface area contributed by atoms with Crippen molar-refractivity contribution < 1.29 is 18.4 Å². The van der Waals surface area contributed by atoms with Crippen molar-refractivity contribution >= 4 is 11.6 Å². The fourth-order valence-corrected chi connectivity index (χ4v) is 2.69. The van der Waals surface area contributed by atoms with E-state index in [1.165, 1.54) is 25.0 Å². The third-order valence-corrected chi connectivity index (χ3v) is 4.26. The summed E-state index contributed by atoms with van der Waals surface area (Å²) >= 11 is 0. The number of benzene rings is 2. The van der Waals surface area contributed by atoms with Crippen molar-refractivity contribution in [3.05, 3.63) is 60.2 Å². The largest absolute Gasteiger partial charge is 0.483 e. The van der Waals surface area contributed by atoms with Gasteiger partial charge in [-0.25, -0.2) is 4.39 Å². The van der Waals surface area contributed by atoms with E-state index in [9.17, 15) is 9.18 Å². The Morgan fingerprint density at radius 3 is 2.78 bits per heavy atom. The quantitative estimate of drug-likeness (QED) is 0.686. The molecular formula is C20H18FN3O3. The summed E-state index contributed by atoms with van der Waals surface area (Å²) in [5.41, 5.74) is 0.728. The fourth-order valence-electron chi connectivity index (χ4n) is 2.69. The summed E-state index contributed by atoms with van der Waals surface area (Å²) in [5.74, 6) is 1.18. The molecule has 138 valence electrons. The highest BCUT2D eigenvalue weighted by atomic mass is 19.1. The van der Waals surface area contributed by atoms with Crippen LogP contribution in [0.25, 0.3) is 11.5 Å². The summed E-state index contributed by atoms with van der Waals surface area (Å²) in [6, 6.07) is 13.1. The van der Waals surface area contributed by atoms with Crippen molar-refractivity contribution in [1.29, 1.82) is 0 Å². The molecule has 4 rings (SSSR count). The summed E-state index contributed by atoms with van der Waals surface area (Å²) in [6.45, 7) is -0.269. The molecule has 0 unspecified atom stereocenters. The summed E-state index contributed by atoms with van der Waals surface area (Å²) in [4.78, 5) is 16.5. The molecule has 27 heavy (non-hydrogen) atoms. The van der Waals surface area contributed by atoms with Gasteiger partial charge in [0.2, 0.25) is 0 Å². The lowest BCUT2D eigenvalue weighted by Gasteiger charge is -2.10. The number of para-hydroxylation sites is 2. The third-order valence-electron chi connectivity index (χ3n) is 4.26. The van der Waals surface area contributed by atoms with E-state index in [0.29, 0.717) is 28.9 Å². The topological polar surface area (TPSA) is 77.2 Å². The van der Waals surface area contributed by atoms with Gasteiger partial charge in [-0.2, -0.15) is 4.98 Å². The normalized spacial score (nSPS) is 13.4. The van der Waals surface area contributed by atoms with E-state index in [0.717, 1.165) is 6.42 Å². The molecule has 1 aromatic heterocycles. The molecule has 1 saturated carbocycles. The highest BCUT2D eigenvalue weighted by Crippen LogP contribution is 2.33. The Bertz CT molecular complexity index is 953. The minimum absolute atomic E-state index is 0.112. The van der Waals surface area contributed by atoms with Crippen LogP contribution in [0.15, 0.2) is 53.1 Å². The van der Waals surface area contributed by atoms with E-state index in [1.807, 2.05) is 6.07 Å². The lowest BCUT2D eigenvalue weighted by molar-refractivity contribution is -0.118. The van der Waals surface area contributed by atoms with Crippen LogP contribution in [0.5, 0.6) is 5.75 Å². The summed E-state index contributed by atoms with van der Waals surface area (Å²) in [6.07, 6.45) is 3.24. The molecule has 0 aliphatic heterocycles. The first-order chi connectivity index (χ1) is 13.2. The molecule has 7 heteroatoms. The van der Waals surface area contributed by atoms with Crippen LogP contribution in [-0.4, -0.2) is 22.7 Å². The SMILES string of the molecule is O=C(COc1ccccc1-c1nc(CC2CC2)no1)Nc1ccccc1F. The number of aromatic nitrogens is 2. The zero-order valence-electron chi connectivity index (χ0n) is 14.5. The van der Waals surface area contributed by atoms with Crippen molar-refractivity contribution in [1.82, 2.24) is 10.1 Å². The summed E-state index contributed by atoms with van der Waals surface area (Å²) in [7, 11) is 0. The molecule has 1 N–H and O–H groups in total. The van der Waals surface area contributed by atoms with Crippen LogP contribution in [0.4, 0.5) is 10.1 Å². The van der Waals surface area contributed by atoms with Gasteiger partial charge in [0.1, 0.15) is 11.6 Å². The number of hydrogen-bond donors (Lipinski definition) is 1. The van der Waals surface area contributed by atoms with Crippen molar-refractivity contribution in [3.63, 3.8) is 0 Å². The standard InChI is InChI=1S/C20H18FN3O3/c21-15-6-2-3-7-16(15)22-19(25)12-26-17-8-4-1-5-14(17)20-23-18(24-27-20)11-13-9-10-13/h1-8,13H,9-12H2,(H,22,25). The second-order valence-electron chi connectivity index (χ2n) is 6.48. The Hall–Kier alpha value is -3.22. The van der Waals surface area contributed by atoms with Crippen LogP contribution in [-0.2, 0) is 11.2 Å². The number of ether oxygens (including phenoxy) is 1. The van der Waals surface area contributed by atoms with Crippen LogP contribution < -0.4 is 10.1 Å². The van der Waals surface area contributed by atoms with Crippen molar-refractivity contribution in [2.24, 2.45) is 5.92 Å². The predicted octanol–water partition coefficient (Wildman–Crippen LogP) is 3.85. The molecule has 0 saturated heterocycles. The summed E-state index contributed by atoms with van der Waals surface area (Å²) in [5, 5.41) is 6.49. The van der Waals surface area contributed by atoms with E-state index >= 15 is 0 Å². The number of amides is 1. The Balaban J connectivity index is 1.42. The predicted molar refractivity (Wildman–Crippen MR) is 96.7 cm³/mol. The fraction of sp³-hybridized carbons (Fsp3) is 0.250. The van der Waals surface area contributed by atoms with E-state index in [4.69, 9.17) is 9.26 Å². The molecule has 3 aromatic rings. The molecule has 0 bridgehead atoms. The average molecular weight is 367 g/mol. The average Bonchev–Trinajstić information content (AvgIpc) is 3.37. The Morgan fingerprint density at radius 2 is 1.96 bits per heavy atom. The number of carbonyl (C=O) groups excluding carboxylic acids is 1. The third kappa shape index (κ3) is 4.31. The van der Waals surface area contributed by atoms with Crippen molar-refractivity contribution in [2.75, 3.05) is 11.9 Å². The lowest BCUT2D eigenvalue weighted by Crippen LogP contribution is -2.20. The van der Waals surface area contributed by atoms with Crippen LogP contribution in [0.2, 0.25) is 0 Å². The van der Waals surface area contributed by atoms with Gasteiger partial charge >= 0.3 is 0 Å². The number of halogens is 1. The lowest BCUT2D eigenvalue weighted by atomic mass is 10.2. The highest BCUT2D eigenvalue weighted by Gasteiger charge is 2.24. The van der Waals surface area contributed by atoms with Crippen molar-refractivity contribution in [2.45, 2.75) is 19.3 Å². The van der Waals surface area contributed by atoms with E-state index in [1.54, 1.807) is 30.3 Å². The van der Waals surface area contributed by atoms with Gasteiger partial charge in [-0.05, 0) is 43.0 Å². The minimum Gasteiger partial charge on any atom is -0.483 e. The zero-order valence-corrected chi connectivity index (χ0v) is 14.5. The zero-order chi connectivity index (χ0) is 18.6. The van der Waals surface area contributed by atoms with Gasteiger partial charge in [0.25, 0.3) is 11.8 Å². The summed E-state index contributed by atoms with van der Waals surface area (Å²) < 4.78 is 24.6. The number of nitrogens with one attached hydrogen (secondary N) is 1.